The van der Waals surface area contributed by atoms with E-state index in [0.29, 0.717) is 18.9 Å². The highest BCUT2D eigenvalue weighted by Crippen LogP contribution is 2.10. The van der Waals surface area contributed by atoms with Crippen LogP contribution in [0.1, 0.15) is 52.9 Å². The van der Waals surface area contributed by atoms with E-state index in [9.17, 15) is 4.79 Å². The molecule has 0 aliphatic heterocycles. The molecule has 0 aromatic heterocycles. The van der Waals surface area contributed by atoms with Gasteiger partial charge in [0.2, 0.25) is 0 Å². The molecule has 0 aromatic rings. The van der Waals surface area contributed by atoms with Crippen LogP contribution in [0, 0.1) is 5.92 Å². The Kier molecular flexibility index (Phi) is 9.24. The van der Waals surface area contributed by atoms with Gasteiger partial charge < -0.3 is 4.74 Å². The van der Waals surface area contributed by atoms with Gasteiger partial charge in [-0.25, -0.2) is 0 Å². The molecule has 0 amide bonds. The van der Waals surface area contributed by atoms with E-state index in [1.54, 1.807) is 6.92 Å². The zero-order chi connectivity index (χ0) is 11.5. The predicted octanol–water partition coefficient (Wildman–Crippen LogP) is 3.71. The molecule has 2 nitrogen and oxygen atoms in total. The van der Waals surface area contributed by atoms with Crippen molar-refractivity contribution in [1.29, 1.82) is 0 Å². The normalized spacial score (nSPS) is 13.0. The lowest BCUT2D eigenvalue weighted by Crippen LogP contribution is -2.02. The Hall–Kier alpha value is -0.790. The molecule has 2 heteroatoms. The van der Waals surface area contributed by atoms with Crippen LogP contribution in [-0.2, 0) is 9.53 Å². The first-order valence-corrected chi connectivity index (χ1v) is 6.03. The average molecular weight is 212 g/mol. The van der Waals surface area contributed by atoms with Crippen molar-refractivity contribution in [3.05, 3.63) is 12.2 Å². The van der Waals surface area contributed by atoms with Crippen molar-refractivity contribution in [3.8, 4) is 0 Å². The van der Waals surface area contributed by atoms with E-state index in [1.807, 2.05) is 6.08 Å². The van der Waals surface area contributed by atoms with Crippen molar-refractivity contribution < 1.29 is 9.53 Å². The van der Waals surface area contributed by atoms with E-state index >= 15 is 0 Å². The summed E-state index contributed by atoms with van der Waals surface area (Å²) in [7, 11) is 0. The van der Waals surface area contributed by atoms with E-state index in [2.05, 4.69) is 19.9 Å². The monoisotopic (exact) mass is 212 g/mol. The van der Waals surface area contributed by atoms with Gasteiger partial charge in [-0.1, -0.05) is 52.2 Å². The van der Waals surface area contributed by atoms with Crippen molar-refractivity contribution in [3.63, 3.8) is 0 Å². The summed E-state index contributed by atoms with van der Waals surface area (Å²) in [5, 5.41) is 0. The number of allylic oxidation sites excluding steroid dienone is 1. The molecule has 0 N–H and O–H groups in total. The molecule has 88 valence electrons. The number of hydrogen-bond acceptors (Lipinski definition) is 2. The largest absolute Gasteiger partial charge is 0.461 e. The number of rotatable bonds is 8. The Balaban J connectivity index is 3.45. The van der Waals surface area contributed by atoms with Gasteiger partial charge in [0.15, 0.2) is 0 Å². The van der Waals surface area contributed by atoms with Crippen molar-refractivity contribution >= 4 is 5.97 Å². The maximum Gasteiger partial charge on any atom is 0.305 e. The molecule has 0 saturated carbocycles. The second-order valence-corrected chi connectivity index (χ2v) is 3.94. The molecule has 0 spiro atoms. The van der Waals surface area contributed by atoms with Crippen molar-refractivity contribution in [2.45, 2.75) is 52.9 Å². The lowest BCUT2D eigenvalue weighted by atomic mass is 10.0. The van der Waals surface area contributed by atoms with Crippen LogP contribution >= 0.6 is 0 Å². The summed E-state index contributed by atoms with van der Waals surface area (Å²) >= 11 is 0. The minimum atomic E-state index is -0.127. The van der Waals surface area contributed by atoms with Gasteiger partial charge in [0, 0.05) is 6.42 Å². The van der Waals surface area contributed by atoms with Crippen LogP contribution in [0.3, 0.4) is 0 Å². The quantitative estimate of drug-likeness (QED) is 0.348. The molecule has 0 radical (unpaired) electrons. The fourth-order valence-corrected chi connectivity index (χ4v) is 1.34. The highest BCUT2D eigenvalue weighted by molar-refractivity contribution is 5.68. The second-order valence-electron chi connectivity index (χ2n) is 3.94. The van der Waals surface area contributed by atoms with Gasteiger partial charge >= 0.3 is 5.97 Å². The van der Waals surface area contributed by atoms with E-state index < -0.39 is 0 Å². The zero-order valence-electron chi connectivity index (χ0n) is 10.3. The van der Waals surface area contributed by atoms with Crippen molar-refractivity contribution in [1.82, 2.24) is 0 Å². The molecule has 0 aliphatic carbocycles. The SMILES string of the molecule is CCCCCC(C)C=CCOC(=O)CC. The van der Waals surface area contributed by atoms with Crippen molar-refractivity contribution in [2.24, 2.45) is 5.92 Å². The van der Waals surface area contributed by atoms with Crippen LogP contribution in [0.5, 0.6) is 0 Å². The fraction of sp³-hybridized carbons (Fsp3) is 0.769. The topological polar surface area (TPSA) is 26.3 Å². The van der Waals surface area contributed by atoms with Gasteiger partial charge in [-0.3, -0.25) is 4.79 Å². The third kappa shape index (κ3) is 9.51. The zero-order valence-corrected chi connectivity index (χ0v) is 10.3. The molecule has 0 heterocycles. The summed E-state index contributed by atoms with van der Waals surface area (Å²) in [5.41, 5.74) is 0. The first-order valence-electron chi connectivity index (χ1n) is 6.03. The van der Waals surface area contributed by atoms with Gasteiger partial charge in [0.1, 0.15) is 6.61 Å². The third-order valence-electron chi connectivity index (χ3n) is 2.36. The smallest absolute Gasteiger partial charge is 0.305 e. The summed E-state index contributed by atoms with van der Waals surface area (Å²) in [6, 6.07) is 0. The highest BCUT2D eigenvalue weighted by Gasteiger charge is 1.97. The van der Waals surface area contributed by atoms with Gasteiger partial charge in [-0.2, -0.15) is 0 Å². The summed E-state index contributed by atoms with van der Waals surface area (Å²) in [5.74, 6) is 0.468. The molecule has 0 aromatic carbocycles. The number of carbonyl (C=O) groups is 1. The molecular weight excluding hydrogens is 188 g/mol. The molecule has 0 fully saturated rings. The summed E-state index contributed by atoms with van der Waals surface area (Å²) in [6.45, 7) is 6.64. The number of ether oxygens (including phenoxy) is 1. The Labute approximate surface area is 93.7 Å². The first-order chi connectivity index (χ1) is 7.20. The van der Waals surface area contributed by atoms with Crippen LogP contribution in [0.4, 0.5) is 0 Å². The van der Waals surface area contributed by atoms with Crippen LogP contribution in [-0.4, -0.2) is 12.6 Å². The molecule has 0 bridgehead atoms. The Morgan fingerprint density at radius 3 is 2.67 bits per heavy atom. The molecule has 1 unspecified atom stereocenters. The summed E-state index contributed by atoms with van der Waals surface area (Å²) < 4.78 is 4.94. The predicted molar refractivity (Wildman–Crippen MR) is 63.7 cm³/mol. The van der Waals surface area contributed by atoms with Crippen LogP contribution < -0.4 is 0 Å². The maximum atomic E-state index is 10.8. The van der Waals surface area contributed by atoms with E-state index in [1.165, 1.54) is 25.7 Å². The maximum absolute atomic E-state index is 10.8. The van der Waals surface area contributed by atoms with Crippen LogP contribution in [0.25, 0.3) is 0 Å². The van der Waals surface area contributed by atoms with Crippen LogP contribution in [0.2, 0.25) is 0 Å². The number of hydrogen-bond donors (Lipinski definition) is 0. The fourth-order valence-electron chi connectivity index (χ4n) is 1.34. The van der Waals surface area contributed by atoms with Crippen LogP contribution in [0.15, 0.2) is 12.2 Å². The van der Waals surface area contributed by atoms with E-state index in [0.717, 1.165) is 0 Å². The molecule has 0 aliphatic rings. The minimum absolute atomic E-state index is 0.127. The van der Waals surface area contributed by atoms with Crippen molar-refractivity contribution in [2.75, 3.05) is 6.61 Å². The average Bonchev–Trinajstić information content (AvgIpc) is 2.24. The summed E-state index contributed by atoms with van der Waals surface area (Å²) in [4.78, 5) is 10.8. The van der Waals surface area contributed by atoms with Gasteiger partial charge in [-0.15, -0.1) is 0 Å². The first kappa shape index (κ1) is 14.2. The molecule has 1 atom stereocenters. The van der Waals surface area contributed by atoms with Gasteiger partial charge in [0.05, 0.1) is 0 Å². The van der Waals surface area contributed by atoms with Gasteiger partial charge in [0.25, 0.3) is 0 Å². The standard InChI is InChI=1S/C13H24O2/c1-4-6-7-9-12(3)10-8-11-15-13(14)5-2/h8,10,12H,4-7,9,11H2,1-3H3. The number of esters is 1. The van der Waals surface area contributed by atoms with E-state index in [4.69, 9.17) is 4.74 Å². The van der Waals surface area contributed by atoms with Gasteiger partial charge in [-0.05, 0) is 12.3 Å². The molecular formula is C13H24O2. The summed E-state index contributed by atoms with van der Waals surface area (Å²) in [6.07, 6.45) is 9.64. The number of carbonyl (C=O) groups excluding carboxylic acids is 1. The highest BCUT2D eigenvalue weighted by atomic mass is 16.5. The Morgan fingerprint density at radius 2 is 2.07 bits per heavy atom. The third-order valence-corrected chi connectivity index (χ3v) is 2.36. The Morgan fingerprint density at radius 1 is 1.33 bits per heavy atom. The van der Waals surface area contributed by atoms with E-state index in [-0.39, 0.29) is 5.97 Å². The lowest BCUT2D eigenvalue weighted by molar-refractivity contribution is -0.141. The molecule has 0 saturated heterocycles. The Bertz CT molecular complexity index is 185. The second kappa shape index (κ2) is 9.75. The minimum Gasteiger partial charge on any atom is -0.461 e. The number of unbranched alkanes of at least 4 members (excludes halogenated alkanes) is 2. The molecule has 0 rings (SSSR count). The lowest BCUT2D eigenvalue weighted by Gasteiger charge is -2.05. The molecule has 15 heavy (non-hydrogen) atoms.